The molecule has 2 heterocycles. The number of anilines is 1. The number of carbonyl (C=O) groups excluding carboxylic acids is 1. The Morgan fingerprint density at radius 2 is 2.39 bits per heavy atom. The highest BCUT2D eigenvalue weighted by Gasteiger charge is 2.11. The van der Waals surface area contributed by atoms with Crippen LogP contribution in [0.1, 0.15) is 21.7 Å². The highest BCUT2D eigenvalue weighted by molar-refractivity contribution is 7.13. The maximum Gasteiger partial charge on any atom is 0.357 e. The Bertz CT molecular complexity index is 561. The number of carbonyl (C=O) groups is 1. The number of nitrogens with zero attached hydrogens (tertiary/aromatic N) is 3. The largest absolute Gasteiger partial charge is 0.464 e. The average Bonchev–Trinajstić information content (AvgIpc) is 2.92. The first kappa shape index (κ1) is 12.6. The van der Waals surface area contributed by atoms with E-state index in [0.717, 1.165) is 11.3 Å². The Balaban J connectivity index is 2.00. The van der Waals surface area contributed by atoms with Crippen LogP contribution in [0.5, 0.6) is 0 Å². The maximum atomic E-state index is 11.2. The molecule has 0 atom stereocenters. The third-order valence-corrected chi connectivity index (χ3v) is 3.24. The molecular weight excluding hydrogens is 252 g/mol. The van der Waals surface area contributed by atoms with Crippen molar-refractivity contribution in [2.45, 2.75) is 13.5 Å². The van der Waals surface area contributed by atoms with E-state index in [2.05, 4.69) is 20.1 Å². The van der Waals surface area contributed by atoms with Gasteiger partial charge in [-0.2, -0.15) is 5.10 Å². The van der Waals surface area contributed by atoms with Crippen LogP contribution in [-0.2, 0) is 18.3 Å². The monoisotopic (exact) mass is 266 g/mol. The molecule has 0 fully saturated rings. The number of esters is 1. The molecule has 0 spiro atoms. The predicted octanol–water partition coefficient (Wildman–Crippen LogP) is 1.58. The van der Waals surface area contributed by atoms with Gasteiger partial charge in [0.15, 0.2) is 10.8 Å². The highest BCUT2D eigenvalue weighted by atomic mass is 32.1. The molecule has 0 bridgehead atoms. The van der Waals surface area contributed by atoms with Crippen molar-refractivity contribution >= 4 is 22.4 Å². The van der Waals surface area contributed by atoms with Gasteiger partial charge in [0.05, 0.1) is 12.8 Å². The van der Waals surface area contributed by atoms with Crippen molar-refractivity contribution < 1.29 is 9.53 Å². The zero-order valence-corrected chi connectivity index (χ0v) is 11.2. The second-order valence-corrected chi connectivity index (χ2v) is 4.65. The molecule has 0 radical (unpaired) electrons. The number of hydrogen-bond donors (Lipinski definition) is 1. The van der Waals surface area contributed by atoms with Crippen LogP contribution < -0.4 is 5.32 Å². The Morgan fingerprint density at radius 3 is 3.00 bits per heavy atom. The number of nitrogens with one attached hydrogen (secondary N) is 1. The van der Waals surface area contributed by atoms with Crippen molar-refractivity contribution in [2.24, 2.45) is 7.05 Å². The summed E-state index contributed by atoms with van der Waals surface area (Å²) >= 11 is 1.37. The van der Waals surface area contributed by atoms with E-state index >= 15 is 0 Å². The fourth-order valence-electron chi connectivity index (χ4n) is 1.55. The molecule has 18 heavy (non-hydrogen) atoms. The summed E-state index contributed by atoms with van der Waals surface area (Å²) in [5.41, 5.74) is 2.41. The number of hydrogen-bond acceptors (Lipinski definition) is 6. The lowest BCUT2D eigenvalue weighted by Crippen LogP contribution is -2.03. The highest BCUT2D eigenvalue weighted by Crippen LogP contribution is 2.17. The van der Waals surface area contributed by atoms with Crippen molar-refractivity contribution in [2.75, 3.05) is 12.4 Å². The summed E-state index contributed by atoms with van der Waals surface area (Å²) < 4.78 is 6.37. The minimum absolute atomic E-state index is 0.327. The molecule has 1 N–H and O–H groups in total. The molecule has 2 aromatic rings. The van der Waals surface area contributed by atoms with Gasteiger partial charge >= 0.3 is 5.97 Å². The minimum Gasteiger partial charge on any atom is -0.464 e. The number of thiazole rings is 1. The molecule has 7 heteroatoms. The molecule has 0 saturated heterocycles. The molecule has 0 aliphatic carbocycles. The Morgan fingerprint density at radius 1 is 1.61 bits per heavy atom. The quantitative estimate of drug-likeness (QED) is 0.851. The lowest BCUT2D eigenvalue weighted by Gasteiger charge is -2.00. The van der Waals surface area contributed by atoms with Crippen LogP contribution >= 0.6 is 11.3 Å². The van der Waals surface area contributed by atoms with Crippen molar-refractivity contribution in [1.29, 1.82) is 0 Å². The van der Waals surface area contributed by atoms with Crippen molar-refractivity contribution in [3.05, 3.63) is 28.5 Å². The van der Waals surface area contributed by atoms with E-state index in [-0.39, 0.29) is 0 Å². The first-order valence-electron chi connectivity index (χ1n) is 5.37. The van der Waals surface area contributed by atoms with Crippen LogP contribution in [-0.4, -0.2) is 27.8 Å². The predicted molar refractivity (Wildman–Crippen MR) is 68.7 cm³/mol. The van der Waals surface area contributed by atoms with E-state index in [1.807, 2.05) is 20.2 Å². The summed E-state index contributed by atoms with van der Waals surface area (Å²) in [5, 5.41) is 9.78. The van der Waals surface area contributed by atoms with Crippen molar-refractivity contribution in [1.82, 2.24) is 14.8 Å². The lowest BCUT2D eigenvalue weighted by molar-refractivity contribution is 0.0595. The fraction of sp³-hybridized carbons (Fsp3) is 0.364. The average molecular weight is 266 g/mol. The van der Waals surface area contributed by atoms with E-state index in [4.69, 9.17) is 0 Å². The van der Waals surface area contributed by atoms with Crippen LogP contribution in [0.2, 0.25) is 0 Å². The van der Waals surface area contributed by atoms with Crippen LogP contribution in [0.15, 0.2) is 11.6 Å². The molecule has 6 nitrogen and oxygen atoms in total. The van der Waals surface area contributed by atoms with Crippen LogP contribution in [0.3, 0.4) is 0 Å². The third kappa shape index (κ3) is 2.67. The zero-order valence-electron chi connectivity index (χ0n) is 10.4. The molecule has 96 valence electrons. The molecule has 0 amide bonds. The van der Waals surface area contributed by atoms with E-state index in [0.29, 0.717) is 17.4 Å². The molecular formula is C11H14N4O2S. The smallest absolute Gasteiger partial charge is 0.357 e. The Labute approximate surface area is 109 Å². The van der Waals surface area contributed by atoms with Gasteiger partial charge in [0.25, 0.3) is 0 Å². The maximum absolute atomic E-state index is 11.2. The Hall–Kier alpha value is -1.89. The summed E-state index contributed by atoms with van der Waals surface area (Å²) in [4.78, 5) is 15.4. The summed E-state index contributed by atoms with van der Waals surface area (Å²) in [6, 6.07) is 0. The minimum atomic E-state index is -0.420. The topological polar surface area (TPSA) is 69.0 Å². The number of ether oxygens (including phenoxy) is 1. The van der Waals surface area contributed by atoms with Crippen molar-refractivity contribution in [3.63, 3.8) is 0 Å². The summed E-state index contributed by atoms with van der Waals surface area (Å²) in [7, 11) is 3.23. The Kier molecular flexibility index (Phi) is 3.61. The second kappa shape index (κ2) is 5.18. The van der Waals surface area contributed by atoms with Gasteiger partial charge in [0, 0.05) is 30.7 Å². The summed E-state index contributed by atoms with van der Waals surface area (Å²) in [6.45, 7) is 2.59. The van der Waals surface area contributed by atoms with Gasteiger partial charge in [-0.1, -0.05) is 0 Å². The SMILES string of the molecule is COC(=O)c1csc(NCc2cn(C)nc2C)n1. The third-order valence-electron chi connectivity index (χ3n) is 2.44. The molecule has 0 saturated carbocycles. The second-order valence-electron chi connectivity index (χ2n) is 3.80. The lowest BCUT2D eigenvalue weighted by atomic mass is 10.3. The number of rotatable bonds is 4. The van der Waals surface area contributed by atoms with Gasteiger partial charge in [-0.25, -0.2) is 9.78 Å². The molecule has 0 aliphatic rings. The summed E-state index contributed by atoms with van der Waals surface area (Å²) in [5.74, 6) is -0.420. The van der Waals surface area contributed by atoms with Crippen LogP contribution in [0, 0.1) is 6.92 Å². The van der Waals surface area contributed by atoms with E-state index in [1.54, 1.807) is 10.1 Å². The van der Waals surface area contributed by atoms with Crippen LogP contribution in [0.25, 0.3) is 0 Å². The standard InChI is InChI=1S/C11H14N4O2S/c1-7-8(5-15(2)14-7)4-12-11-13-9(6-18-11)10(16)17-3/h5-6H,4H2,1-3H3,(H,12,13). The van der Waals surface area contributed by atoms with Gasteiger partial charge < -0.3 is 10.1 Å². The van der Waals surface area contributed by atoms with Crippen LogP contribution in [0.4, 0.5) is 5.13 Å². The number of aromatic nitrogens is 3. The van der Waals surface area contributed by atoms with E-state index in [9.17, 15) is 4.79 Å². The number of aryl methyl sites for hydroxylation is 2. The molecule has 2 aromatic heterocycles. The fourth-order valence-corrected chi connectivity index (χ4v) is 2.23. The van der Waals surface area contributed by atoms with E-state index < -0.39 is 5.97 Å². The normalized spacial score (nSPS) is 10.4. The zero-order chi connectivity index (χ0) is 13.1. The molecule has 0 unspecified atom stereocenters. The van der Waals surface area contributed by atoms with Gasteiger partial charge in [-0.05, 0) is 6.92 Å². The molecule has 2 rings (SSSR count). The van der Waals surface area contributed by atoms with E-state index in [1.165, 1.54) is 18.4 Å². The van der Waals surface area contributed by atoms with Gasteiger partial charge in [0.1, 0.15) is 0 Å². The molecule has 0 aliphatic heterocycles. The summed E-state index contributed by atoms with van der Waals surface area (Å²) in [6.07, 6.45) is 1.96. The first-order valence-corrected chi connectivity index (χ1v) is 6.25. The van der Waals surface area contributed by atoms with Gasteiger partial charge in [0.2, 0.25) is 0 Å². The van der Waals surface area contributed by atoms with Gasteiger partial charge in [-0.3, -0.25) is 4.68 Å². The van der Waals surface area contributed by atoms with Crippen molar-refractivity contribution in [3.8, 4) is 0 Å². The number of methoxy groups -OCH3 is 1. The van der Waals surface area contributed by atoms with Gasteiger partial charge in [-0.15, -0.1) is 11.3 Å². The molecule has 0 aromatic carbocycles. The first-order chi connectivity index (χ1) is 8.60.